The summed E-state index contributed by atoms with van der Waals surface area (Å²) in [5.74, 6) is -0.0620. The molecule has 0 aliphatic rings. The highest BCUT2D eigenvalue weighted by Crippen LogP contribution is 2.28. The number of fused-ring (bicyclic) bond motifs is 1. The Hall–Kier alpha value is -2.06. The molecule has 2 aromatic rings. The third kappa shape index (κ3) is 5.47. The molecule has 7 nitrogen and oxygen atoms in total. The SMILES string of the molecule is COc1cc2cc(CCNC(=O)CCS(C)(=O)=O)c(=O)[nH]c2cc1Cl. The largest absolute Gasteiger partial charge is 0.495 e. The zero-order valence-corrected chi connectivity index (χ0v) is 15.5. The number of pyridine rings is 1. The van der Waals surface area contributed by atoms with Gasteiger partial charge >= 0.3 is 0 Å². The summed E-state index contributed by atoms with van der Waals surface area (Å²) in [6, 6.07) is 5.06. The standard InChI is InChI=1S/C16H19ClN2O5S/c1-24-14-8-11-7-10(16(21)19-13(11)9-12(14)17)3-5-18-15(20)4-6-25(2,22)23/h7-9H,3-6H2,1-2H3,(H,18,20)(H,19,21). The first-order chi connectivity index (χ1) is 11.7. The van der Waals surface area contributed by atoms with Crippen molar-refractivity contribution in [1.29, 1.82) is 0 Å². The second kappa shape index (κ2) is 7.88. The zero-order chi connectivity index (χ0) is 18.6. The van der Waals surface area contributed by atoms with Crippen molar-refractivity contribution < 1.29 is 17.9 Å². The summed E-state index contributed by atoms with van der Waals surface area (Å²) < 4.78 is 27.2. The number of aromatic amines is 1. The summed E-state index contributed by atoms with van der Waals surface area (Å²) in [7, 11) is -1.67. The van der Waals surface area contributed by atoms with Crippen molar-refractivity contribution in [3.63, 3.8) is 0 Å². The van der Waals surface area contributed by atoms with E-state index in [0.29, 0.717) is 28.3 Å². The minimum atomic E-state index is -3.18. The van der Waals surface area contributed by atoms with Crippen LogP contribution in [0.25, 0.3) is 10.9 Å². The number of rotatable bonds is 7. The fraction of sp³-hybridized carbons (Fsp3) is 0.375. The van der Waals surface area contributed by atoms with E-state index in [0.717, 1.165) is 11.6 Å². The third-order valence-corrected chi connectivity index (χ3v) is 4.85. The van der Waals surface area contributed by atoms with Gasteiger partial charge in [0.25, 0.3) is 5.56 Å². The average Bonchev–Trinajstić information content (AvgIpc) is 2.52. The van der Waals surface area contributed by atoms with Gasteiger partial charge in [0, 0.05) is 30.2 Å². The quantitative estimate of drug-likeness (QED) is 0.745. The van der Waals surface area contributed by atoms with Crippen molar-refractivity contribution in [1.82, 2.24) is 10.3 Å². The van der Waals surface area contributed by atoms with E-state index in [1.54, 1.807) is 18.2 Å². The molecule has 0 unspecified atom stereocenters. The molecule has 0 aliphatic carbocycles. The van der Waals surface area contributed by atoms with E-state index in [1.807, 2.05) is 0 Å². The normalized spacial score (nSPS) is 11.5. The summed E-state index contributed by atoms with van der Waals surface area (Å²) in [5.41, 5.74) is 0.830. The molecule has 0 fully saturated rings. The maximum absolute atomic E-state index is 12.1. The summed E-state index contributed by atoms with van der Waals surface area (Å²) in [6.45, 7) is 0.238. The number of hydrogen-bond acceptors (Lipinski definition) is 5. The van der Waals surface area contributed by atoms with Crippen LogP contribution in [0.3, 0.4) is 0 Å². The number of carbonyl (C=O) groups is 1. The molecule has 2 N–H and O–H groups in total. The van der Waals surface area contributed by atoms with E-state index in [9.17, 15) is 18.0 Å². The fourth-order valence-electron chi connectivity index (χ4n) is 2.30. The maximum atomic E-state index is 12.1. The Morgan fingerprint density at radius 1 is 1.32 bits per heavy atom. The van der Waals surface area contributed by atoms with Crippen LogP contribution in [0.15, 0.2) is 23.0 Å². The third-order valence-electron chi connectivity index (χ3n) is 3.61. The average molecular weight is 387 g/mol. The molecular weight excluding hydrogens is 368 g/mol. The van der Waals surface area contributed by atoms with Crippen LogP contribution in [0.5, 0.6) is 5.75 Å². The predicted molar refractivity (Wildman–Crippen MR) is 97.2 cm³/mol. The summed E-state index contributed by atoms with van der Waals surface area (Å²) in [5, 5.41) is 3.77. The maximum Gasteiger partial charge on any atom is 0.251 e. The van der Waals surface area contributed by atoms with Gasteiger partial charge in [-0.25, -0.2) is 8.42 Å². The predicted octanol–water partition coefficient (Wildman–Crippen LogP) is 1.28. The van der Waals surface area contributed by atoms with Gasteiger partial charge < -0.3 is 15.0 Å². The van der Waals surface area contributed by atoms with Crippen LogP contribution in [-0.2, 0) is 21.1 Å². The summed E-state index contributed by atoms with van der Waals surface area (Å²) in [6.07, 6.45) is 1.30. The Balaban J connectivity index is 2.06. The van der Waals surface area contributed by atoms with Crippen LogP contribution < -0.4 is 15.6 Å². The van der Waals surface area contributed by atoms with E-state index >= 15 is 0 Å². The lowest BCUT2D eigenvalue weighted by molar-refractivity contribution is -0.120. The van der Waals surface area contributed by atoms with Crippen molar-refractivity contribution in [3.05, 3.63) is 39.1 Å². The van der Waals surface area contributed by atoms with Crippen molar-refractivity contribution in [2.24, 2.45) is 0 Å². The molecule has 0 aliphatic heterocycles. The van der Waals surface area contributed by atoms with Gasteiger partial charge in [0.15, 0.2) is 0 Å². The van der Waals surface area contributed by atoms with Gasteiger partial charge in [-0.1, -0.05) is 11.6 Å². The smallest absolute Gasteiger partial charge is 0.251 e. The summed E-state index contributed by atoms with van der Waals surface area (Å²) in [4.78, 5) is 26.5. The number of nitrogens with one attached hydrogen (secondary N) is 2. The van der Waals surface area contributed by atoms with Gasteiger partial charge in [-0.05, 0) is 24.6 Å². The minimum Gasteiger partial charge on any atom is -0.495 e. The Bertz CT molecular complexity index is 953. The fourth-order valence-corrected chi connectivity index (χ4v) is 3.09. The molecule has 136 valence electrons. The number of sulfone groups is 1. The van der Waals surface area contributed by atoms with E-state index in [1.165, 1.54) is 7.11 Å². The van der Waals surface area contributed by atoms with E-state index < -0.39 is 9.84 Å². The first-order valence-corrected chi connectivity index (χ1v) is 9.97. The van der Waals surface area contributed by atoms with Crippen molar-refractivity contribution in [2.45, 2.75) is 12.8 Å². The van der Waals surface area contributed by atoms with Gasteiger partial charge in [-0.3, -0.25) is 9.59 Å². The number of hydrogen-bond donors (Lipinski definition) is 2. The number of H-pyrrole nitrogens is 1. The van der Waals surface area contributed by atoms with Crippen molar-refractivity contribution in [3.8, 4) is 5.75 Å². The summed E-state index contributed by atoms with van der Waals surface area (Å²) >= 11 is 6.04. The molecule has 0 bridgehead atoms. The molecule has 1 heterocycles. The van der Waals surface area contributed by atoms with Gasteiger partial charge in [0.05, 0.1) is 23.4 Å². The highest BCUT2D eigenvalue weighted by molar-refractivity contribution is 7.90. The second-order valence-electron chi connectivity index (χ2n) is 5.68. The van der Waals surface area contributed by atoms with Gasteiger partial charge in [-0.15, -0.1) is 0 Å². The second-order valence-corrected chi connectivity index (χ2v) is 8.34. The van der Waals surface area contributed by atoms with Crippen LogP contribution >= 0.6 is 11.6 Å². The molecule has 1 aromatic heterocycles. The lowest BCUT2D eigenvalue weighted by atomic mass is 10.1. The van der Waals surface area contributed by atoms with Gasteiger partial charge in [0.1, 0.15) is 15.6 Å². The van der Waals surface area contributed by atoms with Gasteiger partial charge in [-0.2, -0.15) is 0 Å². The highest BCUT2D eigenvalue weighted by Gasteiger charge is 2.10. The lowest BCUT2D eigenvalue weighted by Crippen LogP contribution is -2.28. The number of benzene rings is 1. The monoisotopic (exact) mass is 386 g/mol. The molecule has 1 amide bonds. The first kappa shape index (κ1) is 19.3. The molecule has 0 saturated carbocycles. The molecule has 0 spiro atoms. The Morgan fingerprint density at radius 2 is 2.04 bits per heavy atom. The van der Waals surface area contributed by atoms with Crippen LogP contribution in [0.1, 0.15) is 12.0 Å². The molecule has 9 heteroatoms. The molecule has 0 atom stereocenters. The minimum absolute atomic E-state index is 0.0946. The zero-order valence-electron chi connectivity index (χ0n) is 13.9. The van der Waals surface area contributed by atoms with E-state index in [4.69, 9.17) is 16.3 Å². The Morgan fingerprint density at radius 3 is 2.68 bits per heavy atom. The number of aromatic nitrogens is 1. The lowest BCUT2D eigenvalue weighted by Gasteiger charge is -2.08. The molecule has 0 radical (unpaired) electrons. The van der Waals surface area contributed by atoms with E-state index in [-0.39, 0.29) is 30.2 Å². The van der Waals surface area contributed by atoms with Crippen LogP contribution in [-0.4, -0.2) is 45.0 Å². The van der Waals surface area contributed by atoms with Crippen molar-refractivity contribution in [2.75, 3.05) is 25.7 Å². The number of halogens is 1. The molecule has 25 heavy (non-hydrogen) atoms. The molecule has 2 rings (SSSR count). The first-order valence-electron chi connectivity index (χ1n) is 7.53. The Labute approximate surface area is 150 Å². The van der Waals surface area contributed by atoms with E-state index in [2.05, 4.69) is 10.3 Å². The van der Waals surface area contributed by atoms with Crippen LogP contribution in [0, 0.1) is 0 Å². The number of carbonyl (C=O) groups excluding carboxylic acids is 1. The van der Waals surface area contributed by atoms with Gasteiger partial charge in [0.2, 0.25) is 5.91 Å². The number of amides is 1. The van der Waals surface area contributed by atoms with Crippen LogP contribution in [0.4, 0.5) is 0 Å². The van der Waals surface area contributed by atoms with Crippen LogP contribution in [0.2, 0.25) is 5.02 Å². The molecule has 0 saturated heterocycles. The molecule has 1 aromatic carbocycles. The highest BCUT2D eigenvalue weighted by atomic mass is 35.5. The Kier molecular flexibility index (Phi) is 6.07. The topological polar surface area (TPSA) is 105 Å². The van der Waals surface area contributed by atoms with Crippen molar-refractivity contribution >= 4 is 38.2 Å². The number of methoxy groups -OCH3 is 1. The molecular formula is C16H19ClN2O5S. The number of ether oxygens (including phenoxy) is 1.